The van der Waals surface area contributed by atoms with Crippen LogP contribution in [0.3, 0.4) is 0 Å². The molecule has 7 heteroatoms. The quantitative estimate of drug-likeness (QED) is 0.404. The summed E-state index contributed by atoms with van der Waals surface area (Å²) in [5.41, 5.74) is 3.45. The van der Waals surface area contributed by atoms with E-state index in [1.165, 1.54) is 16.8 Å². The SMILES string of the molecule is Cc1ccccc1Cn1ncc2c3cc(Oc4cccc(F)n4)ccc3n(C)c2c1=O. The topological polar surface area (TPSA) is 61.9 Å². The van der Waals surface area contributed by atoms with Crippen molar-refractivity contribution in [3.05, 3.63) is 94.3 Å². The van der Waals surface area contributed by atoms with E-state index in [1.807, 2.05) is 54.9 Å². The predicted octanol–water partition coefficient (Wildman–Crippen LogP) is 4.57. The van der Waals surface area contributed by atoms with Crippen molar-refractivity contribution >= 4 is 21.8 Å². The minimum absolute atomic E-state index is 0.159. The molecule has 0 N–H and O–H groups in total. The first-order valence-electron chi connectivity index (χ1n) is 9.84. The zero-order chi connectivity index (χ0) is 21.5. The second kappa shape index (κ2) is 7.36. The lowest BCUT2D eigenvalue weighted by molar-refractivity contribution is 0.446. The van der Waals surface area contributed by atoms with Crippen molar-refractivity contribution in [2.75, 3.05) is 0 Å². The average Bonchev–Trinajstić information content (AvgIpc) is 3.04. The number of pyridine rings is 1. The molecule has 0 aliphatic rings. The van der Waals surface area contributed by atoms with Crippen molar-refractivity contribution in [3.63, 3.8) is 0 Å². The molecule has 0 saturated carbocycles. The number of hydrogen-bond donors (Lipinski definition) is 0. The lowest BCUT2D eigenvalue weighted by Crippen LogP contribution is -2.24. The smallest absolute Gasteiger partial charge is 0.291 e. The van der Waals surface area contributed by atoms with Crippen LogP contribution in [0.5, 0.6) is 11.6 Å². The van der Waals surface area contributed by atoms with Crippen LogP contribution in [0.15, 0.2) is 71.7 Å². The zero-order valence-corrected chi connectivity index (χ0v) is 17.0. The Labute approximate surface area is 177 Å². The number of aromatic nitrogens is 4. The van der Waals surface area contributed by atoms with Gasteiger partial charge in [0.05, 0.1) is 12.7 Å². The standard InChI is InChI=1S/C24H19FN4O2/c1-15-6-3-4-7-16(15)14-29-24(30)23-19(13-26-29)18-12-17(10-11-20(18)28(23)2)31-22-9-5-8-21(25)27-22/h3-13H,14H2,1-2H3. The van der Waals surface area contributed by atoms with E-state index in [0.717, 1.165) is 27.4 Å². The molecule has 0 amide bonds. The number of benzene rings is 2. The first-order valence-corrected chi connectivity index (χ1v) is 9.84. The normalized spacial score (nSPS) is 11.3. The fraction of sp³-hybridized carbons (Fsp3) is 0.125. The molecule has 0 unspecified atom stereocenters. The van der Waals surface area contributed by atoms with E-state index < -0.39 is 5.95 Å². The summed E-state index contributed by atoms with van der Waals surface area (Å²) in [5.74, 6) is 0.0580. The zero-order valence-electron chi connectivity index (χ0n) is 17.0. The molecular weight excluding hydrogens is 395 g/mol. The number of fused-ring (bicyclic) bond motifs is 3. The van der Waals surface area contributed by atoms with Crippen LogP contribution in [0.1, 0.15) is 11.1 Å². The molecule has 0 aliphatic heterocycles. The Balaban J connectivity index is 1.60. The van der Waals surface area contributed by atoms with Crippen LogP contribution in [0.25, 0.3) is 21.8 Å². The van der Waals surface area contributed by atoms with Crippen LogP contribution in [0, 0.1) is 12.9 Å². The third-order valence-electron chi connectivity index (χ3n) is 5.47. The third kappa shape index (κ3) is 3.34. The monoisotopic (exact) mass is 414 g/mol. The molecule has 0 radical (unpaired) electrons. The predicted molar refractivity (Wildman–Crippen MR) is 117 cm³/mol. The highest BCUT2D eigenvalue weighted by molar-refractivity contribution is 6.07. The first kappa shape index (κ1) is 19.0. The van der Waals surface area contributed by atoms with Gasteiger partial charge in [-0.2, -0.15) is 14.5 Å². The van der Waals surface area contributed by atoms with Gasteiger partial charge >= 0.3 is 0 Å². The van der Waals surface area contributed by atoms with Crippen LogP contribution in [-0.4, -0.2) is 19.3 Å². The number of rotatable bonds is 4. The number of ether oxygens (including phenoxy) is 1. The summed E-state index contributed by atoms with van der Waals surface area (Å²) in [6.07, 6.45) is 1.71. The lowest BCUT2D eigenvalue weighted by atomic mass is 10.1. The van der Waals surface area contributed by atoms with Gasteiger partial charge in [0.2, 0.25) is 11.8 Å². The van der Waals surface area contributed by atoms with Gasteiger partial charge in [0.15, 0.2) is 0 Å². The molecular formula is C24H19FN4O2. The van der Waals surface area contributed by atoms with E-state index in [4.69, 9.17) is 4.74 Å². The van der Waals surface area contributed by atoms with Gasteiger partial charge in [0.1, 0.15) is 11.3 Å². The Morgan fingerprint density at radius 3 is 2.68 bits per heavy atom. The summed E-state index contributed by atoms with van der Waals surface area (Å²) in [6, 6.07) is 17.8. The summed E-state index contributed by atoms with van der Waals surface area (Å²) >= 11 is 0. The van der Waals surface area contributed by atoms with Crippen molar-refractivity contribution in [2.24, 2.45) is 7.05 Å². The number of halogens is 1. The number of nitrogens with zero attached hydrogens (tertiary/aromatic N) is 4. The summed E-state index contributed by atoms with van der Waals surface area (Å²) in [5, 5.41) is 5.99. The van der Waals surface area contributed by atoms with Crippen LogP contribution >= 0.6 is 0 Å². The third-order valence-corrected chi connectivity index (χ3v) is 5.47. The van der Waals surface area contributed by atoms with Crippen LogP contribution in [-0.2, 0) is 13.6 Å². The summed E-state index contributed by atoms with van der Waals surface area (Å²) in [4.78, 5) is 17.0. The van der Waals surface area contributed by atoms with Gasteiger partial charge in [-0.15, -0.1) is 0 Å². The molecule has 5 rings (SSSR count). The number of hydrogen-bond acceptors (Lipinski definition) is 4. The molecule has 31 heavy (non-hydrogen) atoms. The molecule has 2 aromatic carbocycles. The highest BCUT2D eigenvalue weighted by Crippen LogP contribution is 2.30. The highest BCUT2D eigenvalue weighted by atomic mass is 19.1. The van der Waals surface area contributed by atoms with Crippen molar-refractivity contribution in [1.82, 2.24) is 19.3 Å². The molecule has 3 aromatic heterocycles. The van der Waals surface area contributed by atoms with Gasteiger partial charge in [-0.25, -0.2) is 4.68 Å². The summed E-state index contributed by atoms with van der Waals surface area (Å²) in [7, 11) is 1.86. The van der Waals surface area contributed by atoms with Gasteiger partial charge in [-0.1, -0.05) is 30.3 Å². The molecule has 6 nitrogen and oxygen atoms in total. The molecule has 0 bridgehead atoms. The van der Waals surface area contributed by atoms with E-state index in [-0.39, 0.29) is 11.4 Å². The maximum atomic E-state index is 13.4. The van der Waals surface area contributed by atoms with Crippen LogP contribution < -0.4 is 10.3 Å². The maximum absolute atomic E-state index is 13.4. The van der Waals surface area contributed by atoms with Gasteiger partial charge < -0.3 is 9.30 Å². The number of aryl methyl sites for hydroxylation is 2. The molecule has 5 aromatic rings. The lowest BCUT2D eigenvalue weighted by Gasteiger charge is -2.08. The van der Waals surface area contributed by atoms with Crippen molar-refractivity contribution < 1.29 is 9.13 Å². The molecule has 0 saturated heterocycles. The van der Waals surface area contributed by atoms with Crippen molar-refractivity contribution in [2.45, 2.75) is 13.5 Å². The van der Waals surface area contributed by atoms with E-state index in [2.05, 4.69) is 10.1 Å². The van der Waals surface area contributed by atoms with E-state index in [0.29, 0.717) is 17.8 Å². The van der Waals surface area contributed by atoms with E-state index >= 15 is 0 Å². The fourth-order valence-corrected chi connectivity index (χ4v) is 3.84. The Hall–Kier alpha value is -4.00. The van der Waals surface area contributed by atoms with Crippen LogP contribution in [0.4, 0.5) is 4.39 Å². The average molecular weight is 414 g/mol. The minimum Gasteiger partial charge on any atom is -0.439 e. The maximum Gasteiger partial charge on any atom is 0.291 e. The Morgan fingerprint density at radius 1 is 1.03 bits per heavy atom. The van der Waals surface area contributed by atoms with E-state index in [1.54, 1.807) is 18.3 Å². The second-order valence-corrected chi connectivity index (χ2v) is 7.43. The largest absolute Gasteiger partial charge is 0.439 e. The van der Waals surface area contributed by atoms with Gasteiger partial charge in [0.25, 0.3) is 5.56 Å². The summed E-state index contributed by atoms with van der Waals surface area (Å²) in [6.45, 7) is 2.42. The Bertz CT molecular complexity index is 1500. The van der Waals surface area contributed by atoms with Crippen molar-refractivity contribution in [1.29, 1.82) is 0 Å². The fourth-order valence-electron chi connectivity index (χ4n) is 3.84. The van der Waals surface area contributed by atoms with Crippen LogP contribution in [0.2, 0.25) is 0 Å². The Kier molecular flexibility index (Phi) is 4.51. The van der Waals surface area contributed by atoms with Gasteiger partial charge in [-0.3, -0.25) is 4.79 Å². The van der Waals surface area contributed by atoms with Gasteiger partial charge in [0, 0.05) is 29.4 Å². The molecule has 0 fully saturated rings. The minimum atomic E-state index is -0.609. The first-order chi connectivity index (χ1) is 15.0. The Morgan fingerprint density at radius 2 is 1.87 bits per heavy atom. The van der Waals surface area contributed by atoms with Gasteiger partial charge in [-0.05, 0) is 42.3 Å². The molecule has 0 spiro atoms. The molecule has 0 aliphatic carbocycles. The van der Waals surface area contributed by atoms with E-state index in [9.17, 15) is 9.18 Å². The molecule has 154 valence electrons. The highest BCUT2D eigenvalue weighted by Gasteiger charge is 2.15. The molecule has 3 heterocycles. The summed E-state index contributed by atoms with van der Waals surface area (Å²) < 4.78 is 22.4. The van der Waals surface area contributed by atoms with Crippen molar-refractivity contribution in [3.8, 4) is 11.6 Å². The molecule has 0 atom stereocenters. The second-order valence-electron chi connectivity index (χ2n) is 7.43.